The quantitative estimate of drug-likeness (QED) is 0.115. The summed E-state index contributed by atoms with van der Waals surface area (Å²) < 4.78 is 37.3. The lowest BCUT2D eigenvalue weighted by Gasteiger charge is -2.54. The van der Waals surface area contributed by atoms with E-state index >= 15 is 8.78 Å². The Morgan fingerprint density at radius 1 is 0.551 bits per heavy atom. The van der Waals surface area contributed by atoms with Gasteiger partial charge >= 0.3 is 0 Å². The van der Waals surface area contributed by atoms with E-state index in [1.165, 1.54) is 12.1 Å². The highest BCUT2D eigenvalue weighted by atomic mass is 127. The van der Waals surface area contributed by atoms with Crippen LogP contribution in [0.2, 0.25) is 0 Å². The lowest BCUT2D eigenvalue weighted by molar-refractivity contribution is 0.521. The topological polar surface area (TPSA) is 0 Å². The van der Waals surface area contributed by atoms with E-state index in [-0.39, 0.29) is 5.57 Å². The van der Waals surface area contributed by atoms with Crippen molar-refractivity contribution in [1.29, 1.82) is 0 Å². The van der Waals surface area contributed by atoms with Gasteiger partial charge in [0.25, 0.3) is 0 Å². The third-order valence-corrected chi connectivity index (χ3v) is 12.5. The van der Waals surface area contributed by atoms with E-state index in [1.54, 1.807) is 12.1 Å². The SMILES string of the molecule is FC1=C(c2cccc(F)c2)C(Cl)(c2cccc(Br)c2)C(c2ccccc2)(c2cccc(I)c2)C(c2ccccc2Br)=C1c1ccccc1I. The van der Waals surface area contributed by atoms with Gasteiger partial charge in [-0.05, 0) is 133 Å². The minimum absolute atomic E-state index is 0.180. The zero-order valence-corrected chi connectivity index (χ0v) is 33.8. The fourth-order valence-electron chi connectivity index (χ4n) is 7.15. The van der Waals surface area contributed by atoms with Crippen molar-refractivity contribution in [3.63, 3.8) is 0 Å². The van der Waals surface area contributed by atoms with Crippen molar-refractivity contribution in [2.75, 3.05) is 0 Å². The predicted molar refractivity (Wildman–Crippen MR) is 223 cm³/mol. The van der Waals surface area contributed by atoms with E-state index in [9.17, 15) is 0 Å². The first-order valence-corrected chi connectivity index (χ1v) is 19.5. The van der Waals surface area contributed by atoms with Gasteiger partial charge in [-0.1, -0.05) is 135 Å². The number of alkyl halides is 1. The lowest BCUT2D eigenvalue weighted by Crippen LogP contribution is -2.51. The fraction of sp³-hybridized carbons (Fsp3) is 0.0476. The summed E-state index contributed by atoms with van der Waals surface area (Å²) in [5.41, 5.74) is 4.16. The van der Waals surface area contributed by atoms with Crippen LogP contribution in [0.5, 0.6) is 0 Å². The Balaban J connectivity index is 1.86. The van der Waals surface area contributed by atoms with Gasteiger partial charge < -0.3 is 0 Å². The Morgan fingerprint density at radius 3 is 1.88 bits per heavy atom. The molecule has 0 bridgehead atoms. The van der Waals surface area contributed by atoms with Crippen molar-refractivity contribution in [1.82, 2.24) is 0 Å². The molecule has 0 amide bonds. The molecule has 0 N–H and O–H groups in total. The van der Waals surface area contributed by atoms with E-state index in [4.69, 9.17) is 11.6 Å². The van der Waals surface area contributed by atoms with Gasteiger partial charge in [0, 0.05) is 27.2 Å². The van der Waals surface area contributed by atoms with E-state index in [1.807, 2.05) is 103 Å². The van der Waals surface area contributed by atoms with Gasteiger partial charge in [0.1, 0.15) is 16.5 Å². The molecule has 6 aromatic rings. The van der Waals surface area contributed by atoms with Crippen molar-refractivity contribution in [2.24, 2.45) is 0 Å². The number of halogens is 7. The maximum Gasteiger partial charge on any atom is 0.137 e. The van der Waals surface area contributed by atoms with Crippen molar-refractivity contribution in [2.45, 2.75) is 10.3 Å². The summed E-state index contributed by atoms with van der Waals surface area (Å²) in [6.07, 6.45) is 0. The number of hydrogen-bond donors (Lipinski definition) is 0. The summed E-state index contributed by atoms with van der Waals surface area (Å²) in [4.78, 5) is -1.67. The highest BCUT2D eigenvalue weighted by Gasteiger charge is 2.63. The van der Waals surface area contributed by atoms with Gasteiger partial charge in [0.05, 0.1) is 5.41 Å². The molecule has 0 saturated carbocycles. The molecule has 6 aromatic carbocycles. The summed E-state index contributed by atoms with van der Waals surface area (Å²) >= 11 is 20.7. The molecule has 0 fully saturated rings. The summed E-state index contributed by atoms with van der Waals surface area (Å²) in [7, 11) is 0. The first kappa shape index (κ1) is 34.8. The van der Waals surface area contributed by atoms with Crippen molar-refractivity contribution >= 4 is 105 Å². The molecule has 1 aliphatic rings. The van der Waals surface area contributed by atoms with Crippen LogP contribution < -0.4 is 0 Å². The van der Waals surface area contributed by atoms with Crippen LogP contribution in [0.3, 0.4) is 0 Å². The third-order valence-electron chi connectivity index (χ3n) is 9.01. The molecule has 2 atom stereocenters. The van der Waals surface area contributed by atoms with Crippen molar-refractivity contribution in [3.05, 3.63) is 213 Å². The van der Waals surface area contributed by atoms with E-state index in [0.29, 0.717) is 27.8 Å². The fourth-order valence-corrected chi connectivity index (χ4v) is 9.85. The molecule has 0 aromatic heterocycles. The van der Waals surface area contributed by atoms with Crippen LogP contribution in [-0.2, 0) is 10.3 Å². The first-order valence-electron chi connectivity index (χ1n) is 15.4. The van der Waals surface area contributed by atoms with Crippen LogP contribution in [0.25, 0.3) is 16.7 Å². The molecule has 2 unspecified atom stereocenters. The summed E-state index contributed by atoms with van der Waals surface area (Å²) in [6.45, 7) is 0. The largest absolute Gasteiger partial charge is 0.207 e. The molecule has 49 heavy (non-hydrogen) atoms. The average Bonchev–Trinajstić information content (AvgIpc) is 3.09. The first-order chi connectivity index (χ1) is 23.7. The smallest absolute Gasteiger partial charge is 0.137 e. The van der Waals surface area contributed by atoms with Crippen LogP contribution >= 0.6 is 88.6 Å². The van der Waals surface area contributed by atoms with Crippen LogP contribution in [0, 0.1) is 13.0 Å². The Hall–Kier alpha value is -2.63. The van der Waals surface area contributed by atoms with Crippen LogP contribution in [0.15, 0.2) is 166 Å². The standard InChI is InChI=1S/C42H25Br2ClF2I2/c43-30-16-9-15-29(24-30)42(45)38(26-11-8-17-31(46)23-26)40(47)37(34-20-5-7-22-36(34)49)39(33-19-4-6-21-35(33)44)41(42,27-12-2-1-3-13-27)28-14-10-18-32(48)25-28/h1-25H. The van der Waals surface area contributed by atoms with Gasteiger partial charge in [0.2, 0.25) is 0 Å². The summed E-state index contributed by atoms with van der Waals surface area (Å²) in [5.74, 6) is -1.00. The molecule has 7 rings (SSSR count). The zero-order valence-electron chi connectivity index (χ0n) is 25.6. The van der Waals surface area contributed by atoms with Crippen LogP contribution in [0.4, 0.5) is 8.78 Å². The van der Waals surface area contributed by atoms with Gasteiger partial charge in [-0.3, -0.25) is 0 Å². The van der Waals surface area contributed by atoms with E-state index in [2.05, 4.69) is 101 Å². The van der Waals surface area contributed by atoms with Gasteiger partial charge in [-0.2, -0.15) is 0 Å². The van der Waals surface area contributed by atoms with Gasteiger partial charge in [0.15, 0.2) is 0 Å². The second-order valence-corrected chi connectivity index (χ2v) is 16.4. The Labute approximate surface area is 333 Å². The number of hydrogen-bond acceptors (Lipinski definition) is 0. The molecule has 0 nitrogen and oxygen atoms in total. The van der Waals surface area contributed by atoms with Gasteiger partial charge in [-0.15, -0.1) is 11.6 Å². The Kier molecular flexibility index (Phi) is 10.1. The number of benzene rings is 6. The van der Waals surface area contributed by atoms with Crippen molar-refractivity contribution < 1.29 is 8.78 Å². The second-order valence-electron chi connectivity index (χ2n) is 11.7. The van der Waals surface area contributed by atoms with E-state index in [0.717, 1.165) is 32.8 Å². The molecule has 242 valence electrons. The highest BCUT2D eigenvalue weighted by molar-refractivity contribution is 14.1. The summed E-state index contributed by atoms with van der Waals surface area (Å²) in [6, 6.07) is 47.8. The van der Waals surface area contributed by atoms with Crippen LogP contribution in [0.1, 0.15) is 33.4 Å². The molecule has 0 heterocycles. The minimum Gasteiger partial charge on any atom is -0.207 e. The highest BCUT2D eigenvalue weighted by Crippen LogP contribution is 2.69. The molecule has 0 aliphatic heterocycles. The summed E-state index contributed by atoms with van der Waals surface area (Å²) in [5, 5.41) is 0. The third kappa shape index (κ3) is 5.89. The maximum atomic E-state index is 18.6. The predicted octanol–water partition coefficient (Wildman–Crippen LogP) is 14.0. The molecule has 7 heteroatoms. The Morgan fingerprint density at radius 2 is 1.18 bits per heavy atom. The van der Waals surface area contributed by atoms with Crippen LogP contribution in [-0.4, -0.2) is 0 Å². The monoisotopic (exact) mass is 1010 g/mol. The van der Waals surface area contributed by atoms with Crippen molar-refractivity contribution in [3.8, 4) is 0 Å². The molecular formula is C42H25Br2ClF2I2. The molecule has 0 spiro atoms. The van der Waals surface area contributed by atoms with Gasteiger partial charge in [-0.25, -0.2) is 8.78 Å². The second kappa shape index (κ2) is 14.2. The number of rotatable bonds is 6. The molecule has 1 aliphatic carbocycles. The lowest BCUT2D eigenvalue weighted by atomic mass is 9.51. The number of allylic oxidation sites excluding steroid dienone is 4. The average molecular weight is 1020 g/mol. The molecular weight excluding hydrogens is 992 g/mol. The minimum atomic E-state index is -1.67. The molecule has 0 saturated heterocycles. The maximum absolute atomic E-state index is 18.6. The van der Waals surface area contributed by atoms with E-state index < -0.39 is 21.9 Å². The normalized spacial score (nSPS) is 19.3. The molecule has 0 radical (unpaired) electrons. The zero-order chi connectivity index (χ0) is 34.3. The Bertz CT molecular complexity index is 2290.